The third-order valence-electron chi connectivity index (χ3n) is 3.48. The van der Waals surface area contributed by atoms with Crippen LogP contribution < -0.4 is 10.9 Å². The summed E-state index contributed by atoms with van der Waals surface area (Å²) in [5, 5.41) is 2.88. The number of hydrogen-bond donors (Lipinski definition) is 1. The molecule has 1 amide bonds. The van der Waals surface area contributed by atoms with Crippen LogP contribution in [-0.4, -0.2) is 15.5 Å². The van der Waals surface area contributed by atoms with Crippen molar-refractivity contribution < 1.29 is 4.79 Å². The lowest BCUT2D eigenvalue weighted by molar-refractivity contribution is -0.122. The van der Waals surface area contributed by atoms with Crippen LogP contribution in [0.25, 0.3) is 0 Å². The van der Waals surface area contributed by atoms with E-state index in [1.807, 2.05) is 51.1 Å². The quantitative estimate of drug-likeness (QED) is 0.921. The van der Waals surface area contributed by atoms with Crippen LogP contribution >= 0.6 is 0 Å². The maximum absolute atomic E-state index is 12.1. The minimum atomic E-state index is -0.211. The number of amides is 1. The van der Waals surface area contributed by atoms with E-state index in [9.17, 15) is 9.59 Å². The molecule has 22 heavy (non-hydrogen) atoms. The Bertz CT molecular complexity index is 693. The highest BCUT2D eigenvalue weighted by Gasteiger charge is 2.11. The van der Waals surface area contributed by atoms with Gasteiger partial charge in [0.1, 0.15) is 6.54 Å². The molecule has 0 aliphatic rings. The van der Waals surface area contributed by atoms with Gasteiger partial charge in [0.25, 0.3) is 5.56 Å². The predicted molar refractivity (Wildman–Crippen MR) is 85.6 cm³/mol. The van der Waals surface area contributed by atoms with Crippen molar-refractivity contribution in [2.24, 2.45) is 0 Å². The highest BCUT2D eigenvalue weighted by Crippen LogP contribution is 2.11. The highest BCUT2D eigenvalue weighted by atomic mass is 16.2. The molecule has 2 aromatic rings. The zero-order valence-electron chi connectivity index (χ0n) is 13.1. The number of benzene rings is 1. The number of aromatic nitrogens is 2. The van der Waals surface area contributed by atoms with Crippen molar-refractivity contribution >= 4 is 5.91 Å². The summed E-state index contributed by atoms with van der Waals surface area (Å²) in [4.78, 5) is 28.3. The lowest BCUT2D eigenvalue weighted by Gasteiger charge is -2.15. The fourth-order valence-corrected chi connectivity index (χ4v) is 2.14. The van der Waals surface area contributed by atoms with Gasteiger partial charge in [0.15, 0.2) is 0 Å². The van der Waals surface area contributed by atoms with Gasteiger partial charge < -0.3 is 5.32 Å². The average Bonchev–Trinajstić information content (AvgIpc) is 2.50. The summed E-state index contributed by atoms with van der Waals surface area (Å²) >= 11 is 0. The second-order valence-corrected chi connectivity index (χ2v) is 5.63. The zero-order chi connectivity index (χ0) is 16.1. The molecule has 1 atom stereocenters. The first-order valence-corrected chi connectivity index (χ1v) is 7.38. The Morgan fingerprint density at radius 2 is 1.91 bits per heavy atom. The van der Waals surface area contributed by atoms with Gasteiger partial charge in [-0.1, -0.05) is 44.2 Å². The SMILES string of the molecule is CC(C)c1cc(=O)n(CC(=O)NC(C)c2ccccc2)cn1. The van der Waals surface area contributed by atoms with E-state index in [4.69, 9.17) is 0 Å². The molecule has 0 saturated carbocycles. The summed E-state index contributed by atoms with van der Waals surface area (Å²) in [5.74, 6) is -0.0215. The number of carbonyl (C=O) groups excluding carboxylic acids is 1. The van der Waals surface area contributed by atoms with E-state index in [0.29, 0.717) is 0 Å². The third-order valence-corrected chi connectivity index (χ3v) is 3.48. The van der Waals surface area contributed by atoms with Crippen LogP contribution in [0.1, 0.15) is 44.0 Å². The molecule has 5 nitrogen and oxygen atoms in total. The second-order valence-electron chi connectivity index (χ2n) is 5.63. The number of hydrogen-bond acceptors (Lipinski definition) is 3. The van der Waals surface area contributed by atoms with Crippen molar-refractivity contribution in [3.63, 3.8) is 0 Å². The Kier molecular flexibility index (Phi) is 5.09. The van der Waals surface area contributed by atoms with Crippen molar-refractivity contribution in [1.29, 1.82) is 0 Å². The molecular formula is C17H21N3O2. The standard InChI is InChI=1S/C17H21N3O2/c1-12(2)15-9-17(22)20(11-18-15)10-16(21)19-13(3)14-7-5-4-6-8-14/h4-9,11-13H,10H2,1-3H3,(H,19,21). The maximum Gasteiger partial charge on any atom is 0.254 e. The molecule has 0 bridgehead atoms. The first-order chi connectivity index (χ1) is 10.5. The lowest BCUT2D eigenvalue weighted by Crippen LogP contribution is -2.34. The van der Waals surface area contributed by atoms with Gasteiger partial charge in [-0.15, -0.1) is 0 Å². The molecular weight excluding hydrogens is 278 g/mol. The molecule has 2 rings (SSSR count). The van der Waals surface area contributed by atoms with Gasteiger partial charge in [-0.25, -0.2) is 4.98 Å². The van der Waals surface area contributed by atoms with Crippen LogP contribution in [-0.2, 0) is 11.3 Å². The fourth-order valence-electron chi connectivity index (χ4n) is 2.14. The van der Waals surface area contributed by atoms with Gasteiger partial charge in [0, 0.05) is 6.07 Å². The normalized spacial score (nSPS) is 12.2. The van der Waals surface area contributed by atoms with Crippen LogP contribution in [0.5, 0.6) is 0 Å². The molecule has 0 fully saturated rings. The van der Waals surface area contributed by atoms with Crippen molar-refractivity contribution in [2.75, 3.05) is 0 Å². The van der Waals surface area contributed by atoms with Crippen LogP contribution in [0, 0.1) is 0 Å². The van der Waals surface area contributed by atoms with E-state index < -0.39 is 0 Å². The smallest absolute Gasteiger partial charge is 0.254 e. The Morgan fingerprint density at radius 3 is 2.50 bits per heavy atom. The molecule has 1 aromatic heterocycles. The largest absolute Gasteiger partial charge is 0.348 e. The second kappa shape index (κ2) is 7.02. The van der Waals surface area contributed by atoms with Crippen LogP contribution in [0.4, 0.5) is 0 Å². The fraction of sp³-hybridized carbons (Fsp3) is 0.353. The minimum absolute atomic E-state index is 0.0264. The van der Waals surface area contributed by atoms with Crippen molar-refractivity contribution in [3.8, 4) is 0 Å². The summed E-state index contributed by atoms with van der Waals surface area (Å²) in [6, 6.07) is 11.1. The minimum Gasteiger partial charge on any atom is -0.348 e. The Morgan fingerprint density at radius 1 is 1.23 bits per heavy atom. The summed E-state index contributed by atoms with van der Waals surface area (Å²) in [7, 11) is 0. The lowest BCUT2D eigenvalue weighted by atomic mass is 10.1. The van der Waals surface area contributed by atoms with E-state index in [1.54, 1.807) is 0 Å². The van der Waals surface area contributed by atoms with Gasteiger partial charge in [-0.05, 0) is 18.4 Å². The molecule has 1 aromatic carbocycles. The number of carbonyl (C=O) groups is 1. The Hall–Kier alpha value is -2.43. The van der Waals surface area contributed by atoms with Gasteiger partial charge in [0.2, 0.25) is 5.91 Å². The first kappa shape index (κ1) is 15.9. The van der Waals surface area contributed by atoms with Gasteiger partial charge >= 0.3 is 0 Å². The number of nitrogens with one attached hydrogen (secondary N) is 1. The monoisotopic (exact) mass is 299 g/mol. The Labute approximate surface area is 130 Å². The first-order valence-electron chi connectivity index (χ1n) is 7.38. The summed E-state index contributed by atoms with van der Waals surface area (Å²) in [5.41, 5.74) is 1.55. The molecule has 1 heterocycles. The van der Waals surface area contributed by atoms with Gasteiger partial charge in [-0.2, -0.15) is 0 Å². The molecule has 0 spiro atoms. The molecule has 0 aliphatic heterocycles. The van der Waals surface area contributed by atoms with E-state index in [0.717, 1.165) is 11.3 Å². The number of nitrogens with zero attached hydrogens (tertiary/aromatic N) is 2. The molecule has 0 saturated heterocycles. The summed E-state index contributed by atoms with van der Waals surface area (Å²) in [6.45, 7) is 5.83. The van der Waals surface area contributed by atoms with E-state index in [-0.39, 0.29) is 30.0 Å². The van der Waals surface area contributed by atoms with Crippen molar-refractivity contribution in [3.05, 3.63) is 64.3 Å². The van der Waals surface area contributed by atoms with Crippen molar-refractivity contribution in [2.45, 2.75) is 39.3 Å². The van der Waals surface area contributed by atoms with Crippen LogP contribution in [0.3, 0.4) is 0 Å². The molecule has 0 radical (unpaired) electrons. The summed E-state index contributed by atoms with van der Waals surface area (Å²) < 4.78 is 1.32. The highest BCUT2D eigenvalue weighted by molar-refractivity contribution is 5.76. The molecule has 0 aliphatic carbocycles. The third kappa shape index (κ3) is 4.04. The van der Waals surface area contributed by atoms with Gasteiger partial charge in [-0.3, -0.25) is 14.2 Å². The summed E-state index contributed by atoms with van der Waals surface area (Å²) in [6.07, 6.45) is 1.43. The maximum atomic E-state index is 12.1. The average molecular weight is 299 g/mol. The molecule has 116 valence electrons. The van der Waals surface area contributed by atoms with E-state index >= 15 is 0 Å². The Balaban J connectivity index is 2.02. The van der Waals surface area contributed by atoms with Crippen molar-refractivity contribution in [1.82, 2.24) is 14.9 Å². The number of rotatable bonds is 5. The van der Waals surface area contributed by atoms with E-state index in [2.05, 4.69) is 10.3 Å². The topological polar surface area (TPSA) is 64.0 Å². The van der Waals surface area contributed by atoms with Crippen LogP contribution in [0.2, 0.25) is 0 Å². The predicted octanol–water partition coefficient (Wildman–Crippen LogP) is 2.24. The molecule has 1 N–H and O–H groups in total. The van der Waals surface area contributed by atoms with Crippen LogP contribution in [0.15, 0.2) is 47.5 Å². The zero-order valence-corrected chi connectivity index (χ0v) is 13.1. The molecule has 1 unspecified atom stereocenters. The molecule has 5 heteroatoms. The van der Waals surface area contributed by atoms with Gasteiger partial charge in [0.05, 0.1) is 18.1 Å². The van der Waals surface area contributed by atoms with E-state index in [1.165, 1.54) is 17.0 Å².